The number of ether oxygens (including phenoxy) is 1. The second-order valence-corrected chi connectivity index (χ2v) is 6.13. The molecular formula is C17H18F3N3O2. The number of carbonyl (C=O) groups is 1. The molecule has 3 rings (SSSR count). The molecule has 8 heteroatoms. The highest BCUT2D eigenvalue weighted by Gasteiger charge is 2.39. The predicted octanol–water partition coefficient (Wildman–Crippen LogP) is 2.65. The lowest BCUT2D eigenvalue weighted by Gasteiger charge is -2.30. The van der Waals surface area contributed by atoms with Gasteiger partial charge in [-0.25, -0.2) is 0 Å². The number of rotatable bonds is 2. The van der Waals surface area contributed by atoms with Crippen molar-refractivity contribution < 1.29 is 22.7 Å². The lowest BCUT2D eigenvalue weighted by atomic mass is 10.00. The monoisotopic (exact) mass is 353 g/mol. The third kappa shape index (κ3) is 3.56. The maximum atomic E-state index is 13.6. The molecule has 25 heavy (non-hydrogen) atoms. The molecule has 2 aliphatic rings. The number of nitrogens with zero attached hydrogens (tertiary/aromatic N) is 3. The summed E-state index contributed by atoms with van der Waals surface area (Å²) in [6, 6.07) is 3.86. The Bertz CT molecular complexity index is 700. The van der Waals surface area contributed by atoms with E-state index in [0.29, 0.717) is 39.4 Å². The van der Waals surface area contributed by atoms with Crippen molar-refractivity contribution in [1.29, 1.82) is 5.26 Å². The van der Waals surface area contributed by atoms with Crippen LogP contribution in [0.3, 0.4) is 0 Å². The number of morpholine rings is 1. The summed E-state index contributed by atoms with van der Waals surface area (Å²) in [7, 11) is 0. The van der Waals surface area contributed by atoms with Crippen LogP contribution in [-0.2, 0) is 10.9 Å². The SMILES string of the molecule is N#Cc1cc(C(=O)N2CCOCC2)c(N2CCCC2)c(C(F)(F)F)c1. The van der Waals surface area contributed by atoms with Crippen molar-refractivity contribution in [2.24, 2.45) is 0 Å². The lowest BCUT2D eigenvalue weighted by Crippen LogP contribution is -2.41. The fourth-order valence-corrected chi connectivity index (χ4v) is 3.30. The second-order valence-electron chi connectivity index (χ2n) is 6.13. The molecule has 1 amide bonds. The van der Waals surface area contributed by atoms with Crippen LogP contribution in [0.15, 0.2) is 12.1 Å². The lowest BCUT2D eigenvalue weighted by molar-refractivity contribution is -0.137. The first-order chi connectivity index (χ1) is 11.9. The Balaban J connectivity index is 2.13. The van der Waals surface area contributed by atoms with Gasteiger partial charge in [0, 0.05) is 26.2 Å². The first-order valence-electron chi connectivity index (χ1n) is 8.19. The van der Waals surface area contributed by atoms with Gasteiger partial charge < -0.3 is 14.5 Å². The maximum absolute atomic E-state index is 13.6. The molecule has 0 unspecified atom stereocenters. The molecule has 0 N–H and O–H groups in total. The highest BCUT2D eigenvalue weighted by atomic mass is 19.4. The molecule has 0 atom stereocenters. The molecule has 0 bridgehead atoms. The van der Waals surface area contributed by atoms with Gasteiger partial charge in [0.1, 0.15) is 0 Å². The van der Waals surface area contributed by atoms with Crippen molar-refractivity contribution in [2.75, 3.05) is 44.3 Å². The molecule has 0 radical (unpaired) electrons. The van der Waals surface area contributed by atoms with Crippen LogP contribution in [0.4, 0.5) is 18.9 Å². The van der Waals surface area contributed by atoms with Gasteiger partial charge in [0.15, 0.2) is 0 Å². The molecule has 5 nitrogen and oxygen atoms in total. The molecule has 1 aromatic carbocycles. The zero-order chi connectivity index (χ0) is 18.0. The van der Waals surface area contributed by atoms with Crippen LogP contribution in [0.2, 0.25) is 0 Å². The van der Waals surface area contributed by atoms with Gasteiger partial charge in [-0.2, -0.15) is 18.4 Å². The van der Waals surface area contributed by atoms with Crippen LogP contribution in [-0.4, -0.2) is 50.2 Å². The van der Waals surface area contributed by atoms with Gasteiger partial charge in [-0.05, 0) is 25.0 Å². The molecule has 0 spiro atoms. The van der Waals surface area contributed by atoms with Crippen LogP contribution < -0.4 is 4.90 Å². The normalized spacial score (nSPS) is 18.3. The van der Waals surface area contributed by atoms with Crippen LogP contribution in [0, 0.1) is 11.3 Å². The number of hydrogen-bond acceptors (Lipinski definition) is 4. The topological polar surface area (TPSA) is 56.6 Å². The molecule has 0 aromatic heterocycles. The average Bonchev–Trinajstić information content (AvgIpc) is 3.14. The number of hydrogen-bond donors (Lipinski definition) is 0. The van der Waals surface area contributed by atoms with Gasteiger partial charge in [-0.15, -0.1) is 0 Å². The van der Waals surface area contributed by atoms with Crippen molar-refractivity contribution in [3.05, 3.63) is 28.8 Å². The zero-order valence-electron chi connectivity index (χ0n) is 13.6. The fourth-order valence-electron chi connectivity index (χ4n) is 3.30. The minimum Gasteiger partial charge on any atom is -0.378 e. The van der Waals surface area contributed by atoms with Crippen molar-refractivity contribution in [3.63, 3.8) is 0 Å². The molecule has 134 valence electrons. The quantitative estimate of drug-likeness (QED) is 0.820. The first-order valence-corrected chi connectivity index (χ1v) is 8.19. The fraction of sp³-hybridized carbons (Fsp3) is 0.529. The summed E-state index contributed by atoms with van der Waals surface area (Å²) in [6.45, 7) is 2.31. The maximum Gasteiger partial charge on any atom is 0.418 e. The number of carbonyl (C=O) groups excluding carboxylic acids is 1. The van der Waals surface area contributed by atoms with Crippen LogP contribution in [0.5, 0.6) is 0 Å². The molecule has 2 heterocycles. The van der Waals surface area contributed by atoms with Crippen molar-refractivity contribution in [2.45, 2.75) is 19.0 Å². The summed E-state index contributed by atoms with van der Waals surface area (Å²) in [5.74, 6) is -0.479. The largest absolute Gasteiger partial charge is 0.418 e. The number of halogens is 3. The van der Waals surface area contributed by atoms with E-state index in [0.717, 1.165) is 18.9 Å². The summed E-state index contributed by atoms with van der Waals surface area (Å²) in [6.07, 6.45) is -3.07. The average molecular weight is 353 g/mol. The summed E-state index contributed by atoms with van der Waals surface area (Å²) in [5.41, 5.74) is -1.22. The smallest absolute Gasteiger partial charge is 0.378 e. The standard InChI is InChI=1S/C17H18F3N3O2/c18-17(19,20)14-10-12(11-21)9-13(15(14)22-3-1-2-4-22)16(24)23-5-7-25-8-6-23/h9-10H,1-8H2. The van der Waals surface area contributed by atoms with E-state index >= 15 is 0 Å². The van der Waals surface area contributed by atoms with Gasteiger partial charge >= 0.3 is 6.18 Å². The van der Waals surface area contributed by atoms with Crippen molar-refractivity contribution in [3.8, 4) is 6.07 Å². The Morgan fingerprint density at radius 2 is 1.76 bits per heavy atom. The highest BCUT2D eigenvalue weighted by molar-refractivity contribution is 6.01. The van der Waals surface area contributed by atoms with E-state index in [1.54, 1.807) is 11.0 Å². The van der Waals surface area contributed by atoms with Crippen molar-refractivity contribution in [1.82, 2.24) is 4.90 Å². The van der Waals surface area contributed by atoms with Crippen LogP contribution >= 0.6 is 0 Å². The van der Waals surface area contributed by atoms with E-state index in [1.165, 1.54) is 11.0 Å². The van der Waals surface area contributed by atoms with Gasteiger partial charge in [0.25, 0.3) is 5.91 Å². The Morgan fingerprint density at radius 3 is 2.32 bits per heavy atom. The number of nitriles is 1. The zero-order valence-corrected chi connectivity index (χ0v) is 13.6. The highest BCUT2D eigenvalue weighted by Crippen LogP contribution is 2.41. The molecule has 2 fully saturated rings. The van der Waals surface area contributed by atoms with E-state index in [9.17, 15) is 18.0 Å². The minimum atomic E-state index is -4.63. The molecule has 2 saturated heterocycles. The Labute approximate surface area is 143 Å². The van der Waals surface area contributed by atoms with Gasteiger partial charge in [0.05, 0.1) is 41.7 Å². The summed E-state index contributed by atoms with van der Waals surface area (Å²) in [5, 5.41) is 9.12. The van der Waals surface area contributed by atoms with E-state index in [-0.39, 0.29) is 16.8 Å². The second kappa shape index (κ2) is 6.92. The Hall–Kier alpha value is -2.27. The summed E-state index contributed by atoms with van der Waals surface area (Å²) in [4.78, 5) is 16.0. The molecular weight excluding hydrogens is 335 g/mol. The van der Waals surface area contributed by atoms with E-state index in [4.69, 9.17) is 10.00 Å². The predicted molar refractivity (Wildman–Crippen MR) is 84.3 cm³/mol. The van der Waals surface area contributed by atoms with E-state index in [1.807, 2.05) is 0 Å². The number of alkyl halides is 3. The molecule has 1 aromatic rings. The van der Waals surface area contributed by atoms with Gasteiger partial charge in [-0.1, -0.05) is 0 Å². The first kappa shape index (κ1) is 17.5. The third-order valence-electron chi connectivity index (χ3n) is 4.50. The minimum absolute atomic E-state index is 0.0461. The summed E-state index contributed by atoms with van der Waals surface area (Å²) < 4.78 is 46.1. The van der Waals surface area contributed by atoms with Crippen LogP contribution in [0.25, 0.3) is 0 Å². The van der Waals surface area contributed by atoms with Crippen molar-refractivity contribution >= 4 is 11.6 Å². The van der Waals surface area contributed by atoms with Gasteiger partial charge in [-0.3, -0.25) is 4.79 Å². The molecule has 2 aliphatic heterocycles. The molecule has 0 saturated carbocycles. The Morgan fingerprint density at radius 1 is 1.12 bits per heavy atom. The third-order valence-corrected chi connectivity index (χ3v) is 4.50. The van der Waals surface area contributed by atoms with Crippen LogP contribution in [0.1, 0.15) is 34.3 Å². The number of amides is 1. The van der Waals surface area contributed by atoms with E-state index in [2.05, 4.69) is 0 Å². The Kier molecular flexibility index (Phi) is 4.86. The van der Waals surface area contributed by atoms with E-state index < -0.39 is 17.6 Å². The molecule has 0 aliphatic carbocycles. The number of anilines is 1. The number of benzene rings is 1. The van der Waals surface area contributed by atoms with Gasteiger partial charge in [0.2, 0.25) is 0 Å². The summed E-state index contributed by atoms with van der Waals surface area (Å²) >= 11 is 0.